The van der Waals surface area contributed by atoms with Gasteiger partial charge in [-0.25, -0.2) is 4.39 Å². The molecule has 0 spiro atoms. The van der Waals surface area contributed by atoms with Crippen molar-refractivity contribution in [1.82, 2.24) is 25.1 Å². The fourth-order valence-corrected chi connectivity index (χ4v) is 9.72. The molecule has 4 atom stereocenters. The van der Waals surface area contributed by atoms with E-state index in [2.05, 4.69) is 98.9 Å². The number of amides is 1. The summed E-state index contributed by atoms with van der Waals surface area (Å²) >= 11 is 0. The highest BCUT2D eigenvalue weighted by atomic mass is 19.1. The van der Waals surface area contributed by atoms with Gasteiger partial charge in [-0.15, -0.1) is 0 Å². The van der Waals surface area contributed by atoms with Crippen molar-refractivity contribution < 1.29 is 18.7 Å². The molecule has 2 aromatic heterocycles. The molecular weight excluding hydrogens is 738 g/mol. The molecule has 0 bridgehead atoms. The number of carbonyl (C=O) groups excluding carboxylic acids is 2. The average Bonchev–Trinajstić information content (AvgIpc) is 4.02. The molecule has 2 fully saturated rings. The van der Waals surface area contributed by atoms with Gasteiger partial charge >= 0.3 is 0 Å². The van der Waals surface area contributed by atoms with E-state index in [0.29, 0.717) is 23.8 Å². The van der Waals surface area contributed by atoms with Crippen molar-refractivity contribution in [3.8, 4) is 22.4 Å². The highest BCUT2D eigenvalue weighted by molar-refractivity contribution is 5.95. The summed E-state index contributed by atoms with van der Waals surface area (Å²) in [6.07, 6.45) is 11.2. The number of halogens is 1. The Kier molecular flexibility index (Phi) is 15.2. The van der Waals surface area contributed by atoms with E-state index in [4.69, 9.17) is 9.72 Å². The SMILES string of the molecule is CCNCC1CCN(C(C(=O)NC(C=O)Cc2cc(CF)cc(-c3ccc4c(c3)c(CC(C)(C)CC)c(-c3cc(CC)cnc3C(C)OC)n4CC)c2)C2CCCC2)C1. The van der Waals surface area contributed by atoms with Crippen LogP contribution in [0.3, 0.4) is 0 Å². The summed E-state index contributed by atoms with van der Waals surface area (Å²) in [7, 11) is 1.74. The predicted molar refractivity (Wildman–Crippen MR) is 239 cm³/mol. The maximum atomic E-state index is 14.6. The molecule has 6 rings (SSSR count). The van der Waals surface area contributed by atoms with E-state index >= 15 is 0 Å². The van der Waals surface area contributed by atoms with Crippen LogP contribution in [0.25, 0.3) is 33.3 Å². The van der Waals surface area contributed by atoms with Gasteiger partial charge in [0.25, 0.3) is 0 Å². The van der Waals surface area contributed by atoms with Gasteiger partial charge in [0.15, 0.2) is 0 Å². The second-order valence-electron chi connectivity index (χ2n) is 18.1. The van der Waals surface area contributed by atoms with Crippen LogP contribution in [0.4, 0.5) is 4.39 Å². The lowest BCUT2D eigenvalue weighted by molar-refractivity contribution is -0.130. The van der Waals surface area contributed by atoms with E-state index in [-0.39, 0.29) is 23.5 Å². The average molecular weight is 808 g/mol. The number of hydrogen-bond donors (Lipinski definition) is 2. The lowest BCUT2D eigenvalue weighted by atomic mass is 9.81. The smallest absolute Gasteiger partial charge is 0.238 e. The number of methoxy groups -OCH3 is 1. The number of aldehydes is 1. The van der Waals surface area contributed by atoms with E-state index < -0.39 is 12.7 Å². The maximum Gasteiger partial charge on any atom is 0.238 e. The van der Waals surface area contributed by atoms with Gasteiger partial charge in [-0.1, -0.05) is 72.1 Å². The quantitative estimate of drug-likeness (QED) is 0.0866. The third-order valence-electron chi connectivity index (χ3n) is 13.5. The number of carbonyl (C=O) groups is 2. The fourth-order valence-electron chi connectivity index (χ4n) is 9.72. The monoisotopic (exact) mass is 808 g/mol. The number of fused-ring (bicyclic) bond motifs is 1. The molecule has 59 heavy (non-hydrogen) atoms. The summed E-state index contributed by atoms with van der Waals surface area (Å²) in [5, 5.41) is 7.82. The standard InChI is InChI=1S/C50H70FN5O3/c1-9-34-25-43(46(53-30-34)33(5)59-8)48-44(27-50(6,7)10-2)42-26-39(17-18-45(42)56(48)12-4)40-22-36(21-37(23-40)28-51)24-41(32-57)54-49(58)47(38-15-13-14-16-38)55-20-19-35(31-55)29-52-11-3/h17-18,21-23,25-26,30,32-33,35,38,41,47,52H,9-16,19-20,24,27-29,31H2,1-8H3,(H,54,58). The number of ether oxygens (including phenoxy) is 1. The lowest BCUT2D eigenvalue weighted by Gasteiger charge is -2.32. The Labute approximate surface area is 353 Å². The molecule has 1 amide bonds. The molecule has 8 nitrogen and oxygen atoms in total. The van der Waals surface area contributed by atoms with Gasteiger partial charge in [-0.05, 0) is 147 Å². The normalized spacial score (nSPS) is 18.1. The molecule has 4 unspecified atom stereocenters. The van der Waals surface area contributed by atoms with Gasteiger partial charge < -0.3 is 24.7 Å². The summed E-state index contributed by atoms with van der Waals surface area (Å²) in [4.78, 5) is 34.2. The largest absolute Gasteiger partial charge is 0.375 e. The number of aryl methyl sites for hydroxylation is 2. The Morgan fingerprint density at radius 1 is 1.02 bits per heavy atom. The van der Waals surface area contributed by atoms with Gasteiger partial charge in [0.2, 0.25) is 5.91 Å². The summed E-state index contributed by atoms with van der Waals surface area (Å²) < 4.78 is 22.9. The van der Waals surface area contributed by atoms with Crippen LogP contribution < -0.4 is 10.6 Å². The number of likely N-dealkylation sites (tertiary alicyclic amines) is 1. The lowest BCUT2D eigenvalue weighted by Crippen LogP contribution is -2.53. The highest BCUT2D eigenvalue weighted by Crippen LogP contribution is 2.43. The number of pyridine rings is 1. The molecule has 4 aromatic rings. The summed E-state index contributed by atoms with van der Waals surface area (Å²) in [5.74, 6) is 0.776. The zero-order chi connectivity index (χ0) is 42.3. The Morgan fingerprint density at radius 3 is 2.44 bits per heavy atom. The Morgan fingerprint density at radius 2 is 1.78 bits per heavy atom. The summed E-state index contributed by atoms with van der Waals surface area (Å²) in [6, 6.07) is 13.8. The van der Waals surface area contributed by atoms with Crippen molar-refractivity contribution in [2.75, 3.05) is 33.3 Å². The molecule has 1 saturated heterocycles. The molecular formula is C50H70FN5O3. The first-order chi connectivity index (χ1) is 28.5. The van der Waals surface area contributed by atoms with Gasteiger partial charge in [0.05, 0.1) is 29.6 Å². The van der Waals surface area contributed by atoms with Crippen LogP contribution in [0, 0.1) is 17.3 Å². The Bertz CT molecular complexity index is 2050. The number of alkyl halides is 1. The molecule has 320 valence electrons. The van der Waals surface area contributed by atoms with E-state index in [1.807, 2.05) is 18.3 Å². The van der Waals surface area contributed by atoms with E-state index in [1.54, 1.807) is 7.11 Å². The van der Waals surface area contributed by atoms with Crippen LogP contribution in [0.5, 0.6) is 0 Å². The minimum absolute atomic E-state index is 0.0372. The number of benzene rings is 2. The molecule has 2 N–H and O–H groups in total. The number of rotatable bonds is 20. The first kappa shape index (κ1) is 44.6. The number of nitrogens with one attached hydrogen (secondary N) is 2. The number of nitrogens with zero attached hydrogens (tertiary/aromatic N) is 3. The first-order valence-electron chi connectivity index (χ1n) is 22.5. The molecule has 1 aliphatic heterocycles. The van der Waals surface area contributed by atoms with Crippen LogP contribution in [0.2, 0.25) is 0 Å². The van der Waals surface area contributed by atoms with Crippen LogP contribution in [-0.2, 0) is 46.8 Å². The van der Waals surface area contributed by atoms with Crippen LogP contribution >= 0.6 is 0 Å². The minimum atomic E-state index is -0.711. The Balaban J connectivity index is 1.36. The van der Waals surface area contributed by atoms with Crippen molar-refractivity contribution in [2.24, 2.45) is 17.3 Å². The van der Waals surface area contributed by atoms with Crippen LogP contribution in [0.15, 0.2) is 48.7 Å². The molecule has 0 radical (unpaired) electrons. The maximum absolute atomic E-state index is 14.6. The highest BCUT2D eigenvalue weighted by Gasteiger charge is 2.39. The van der Waals surface area contributed by atoms with Crippen LogP contribution in [-0.4, -0.2) is 72.0 Å². The van der Waals surface area contributed by atoms with Crippen molar-refractivity contribution >= 4 is 23.1 Å². The molecule has 1 aliphatic carbocycles. The predicted octanol–water partition coefficient (Wildman–Crippen LogP) is 9.82. The van der Waals surface area contributed by atoms with Crippen molar-refractivity contribution in [3.63, 3.8) is 0 Å². The Hall–Kier alpha value is -3.92. The molecule has 9 heteroatoms. The molecule has 1 saturated carbocycles. The third-order valence-corrected chi connectivity index (χ3v) is 13.5. The van der Waals surface area contributed by atoms with Gasteiger partial charge in [-0.3, -0.25) is 14.7 Å². The third kappa shape index (κ3) is 10.2. The zero-order valence-electron chi connectivity index (χ0n) is 37.1. The van der Waals surface area contributed by atoms with E-state index in [0.717, 1.165) is 124 Å². The van der Waals surface area contributed by atoms with Gasteiger partial charge in [0, 0.05) is 42.9 Å². The summed E-state index contributed by atoms with van der Waals surface area (Å²) in [6.45, 7) is 19.3. The number of hydrogen-bond acceptors (Lipinski definition) is 6. The van der Waals surface area contributed by atoms with Gasteiger partial charge in [-0.2, -0.15) is 0 Å². The topological polar surface area (TPSA) is 88.5 Å². The van der Waals surface area contributed by atoms with Crippen molar-refractivity contribution in [3.05, 3.63) is 76.6 Å². The zero-order valence-corrected chi connectivity index (χ0v) is 37.1. The number of aromatic nitrogens is 2. The van der Waals surface area contributed by atoms with Crippen molar-refractivity contribution in [2.45, 2.75) is 138 Å². The van der Waals surface area contributed by atoms with Crippen LogP contribution in [0.1, 0.15) is 121 Å². The molecule has 2 aromatic carbocycles. The van der Waals surface area contributed by atoms with Gasteiger partial charge in [0.1, 0.15) is 13.0 Å². The fraction of sp³-hybridized carbons (Fsp3) is 0.580. The molecule has 2 aliphatic rings. The second-order valence-corrected chi connectivity index (χ2v) is 18.1. The molecule has 3 heterocycles. The first-order valence-corrected chi connectivity index (χ1v) is 22.5. The van der Waals surface area contributed by atoms with E-state index in [1.165, 1.54) is 22.2 Å². The summed E-state index contributed by atoms with van der Waals surface area (Å²) in [5.41, 5.74) is 10.1. The van der Waals surface area contributed by atoms with Crippen molar-refractivity contribution in [1.29, 1.82) is 0 Å². The second kappa shape index (κ2) is 20.1. The minimum Gasteiger partial charge on any atom is -0.375 e. The van der Waals surface area contributed by atoms with E-state index in [9.17, 15) is 14.0 Å².